The minimum Gasteiger partial charge on any atom is -0.497 e. The highest BCUT2D eigenvalue weighted by molar-refractivity contribution is 5.31. The van der Waals surface area contributed by atoms with Crippen LogP contribution in [0, 0.1) is 5.82 Å². The van der Waals surface area contributed by atoms with E-state index in [1.54, 1.807) is 24.3 Å². The van der Waals surface area contributed by atoms with Crippen LogP contribution in [0.4, 0.5) is 17.6 Å². The average molecular weight is 343 g/mol. The molecule has 0 aliphatic heterocycles. The maximum absolute atomic E-state index is 13.0. The molecule has 0 heterocycles. The topological polar surface area (TPSA) is 41.5 Å². The summed E-state index contributed by atoms with van der Waals surface area (Å²) in [4.78, 5) is 0. The van der Waals surface area contributed by atoms with Crippen molar-refractivity contribution < 1.29 is 27.4 Å². The van der Waals surface area contributed by atoms with Crippen LogP contribution < -0.4 is 10.1 Å². The Kier molecular flexibility index (Phi) is 5.80. The average Bonchev–Trinajstić information content (AvgIpc) is 2.55. The normalized spacial score (nSPS) is 12.9. The molecule has 2 rings (SSSR count). The van der Waals surface area contributed by atoms with E-state index < -0.39 is 23.7 Å². The first-order chi connectivity index (χ1) is 11.3. The van der Waals surface area contributed by atoms with E-state index in [9.17, 15) is 22.7 Å². The molecule has 3 nitrogen and oxygen atoms in total. The number of alkyl halides is 3. The summed E-state index contributed by atoms with van der Waals surface area (Å²) in [6, 6.07) is 9.29. The maximum atomic E-state index is 13.0. The summed E-state index contributed by atoms with van der Waals surface area (Å²) < 4.78 is 56.8. The molecule has 0 aromatic heterocycles. The molecule has 0 radical (unpaired) electrons. The van der Waals surface area contributed by atoms with Gasteiger partial charge in [-0.25, -0.2) is 4.39 Å². The van der Waals surface area contributed by atoms with E-state index in [1.807, 2.05) is 0 Å². The molecule has 0 fully saturated rings. The van der Waals surface area contributed by atoms with E-state index >= 15 is 0 Å². The molecule has 0 spiro atoms. The van der Waals surface area contributed by atoms with Crippen molar-refractivity contribution in [2.24, 2.45) is 0 Å². The third-order valence-corrected chi connectivity index (χ3v) is 3.51. The molecule has 1 atom stereocenters. The number of hydrogen-bond acceptors (Lipinski definition) is 3. The van der Waals surface area contributed by atoms with E-state index in [-0.39, 0.29) is 18.7 Å². The predicted molar refractivity (Wildman–Crippen MR) is 81.1 cm³/mol. The third-order valence-electron chi connectivity index (χ3n) is 3.51. The highest BCUT2D eigenvalue weighted by Crippen LogP contribution is 2.32. The van der Waals surface area contributed by atoms with Crippen LogP contribution in [0.2, 0.25) is 0 Å². The van der Waals surface area contributed by atoms with Gasteiger partial charge in [0.05, 0.1) is 18.8 Å². The van der Waals surface area contributed by atoms with Crippen LogP contribution in [0.1, 0.15) is 22.8 Å². The van der Waals surface area contributed by atoms with Crippen molar-refractivity contribution in [2.75, 3.05) is 13.7 Å². The number of nitrogens with one attached hydrogen (secondary N) is 1. The zero-order chi connectivity index (χ0) is 17.7. The van der Waals surface area contributed by atoms with Gasteiger partial charge in [0, 0.05) is 13.1 Å². The summed E-state index contributed by atoms with van der Waals surface area (Å²) in [5.74, 6) is -0.369. The molecule has 130 valence electrons. The van der Waals surface area contributed by atoms with E-state index in [2.05, 4.69) is 5.32 Å². The standard InChI is InChI=1S/C17H17F4NO2/c1-24-14-4-2-3-11(7-14)16(23)10-22-9-12-5-6-13(18)8-15(12)17(19,20)21/h2-8,16,22-23H,9-10H2,1H3. The first-order valence-corrected chi connectivity index (χ1v) is 7.19. The molecule has 2 aromatic rings. The summed E-state index contributed by atoms with van der Waals surface area (Å²) in [6.45, 7) is -0.0992. The molecule has 24 heavy (non-hydrogen) atoms. The van der Waals surface area contributed by atoms with Gasteiger partial charge in [-0.05, 0) is 35.4 Å². The highest BCUT2D eigenvalue weighted by atomic mass is 19.4. The van der Waals surface area contributed by atoms with Crippen LogP contribution in [0.3, 0.4) is 0 Å². The van der Waals surface area contributed by atoms with Gasteiger partial charge in [0.1, 0.15) is 11.6 Å². The number of aliphatic hydroxyl groups excluding tert-OH is 1. The molecule has 0 aliphatic rings. The van der Waals surface area contributed by atoms with Crippen LogP contribution in [-0.4, -0.2) is 18.8 Å². The van der Waals surface area contributed by atoms with Gasteiger partial charge in [0.15, 0.2) is 0 Å². The molecule has 0 saturated carbocycles. The maximum Gasteiger partial charge on any atom is 0.416 e. The van der Waals surface area contributed by atoms with Crippen molar-refractivity contribution in [1.29, 1.82) is 0 Å². The van der Waals surface area contributed by atoms with Crippen LogP contribution in [0.15, 0.2) is 42.5 Å². The Morgan fingerprint density at radius 1 is 1.17 bits per heavy atom. The van der Waals surface area contributed by atoms with Crippen molar-refractivity contribution in [3.63, 3.8) is 0 Å². The Bertz CT molecular complexity index is 689. The molecular formula is C17H17F4NO2. The number of aliphatic hydroxyl groups is 1. The van der Waals surface area contributed by atoms with E-state index in [1.165, 1.54) is 7.11 Å². The van der Waals surface area contributed by atoms with Crippen molar-refractivity contribution in [2.45, 2.75) is 18.8 Å². The minimum atomic E-state index is -4.63. The second-order valence-corrected chi connectivity index (χ2v) is 5.22. The van der Waals surface area contributed by atoms with Gasteiger partial charge in [0.25, 0.3) is 0 Å². The number of halogens is 4. The monoisotopic (exact) mass is 343 g/mol. The fraction of sp³-hybridized carbons (Fsp3) is 0.294. The molecule has 0 amide bonds. The lowest BCUT2D eigenvalue weighted by atomic mass is 10.1. The van der Waals surface area contributed by atoms with Gasteiger partial charge < -0.3 is 15.2 Å². The fourth-order valence-electron chi connectivity index (χ4n) is 2.28. The molecule has 2 N–H and O–H groups in total. The van der Waals surface area contributed by atoms with Crippen molar-refractivity contribution >= 4 is 0 Å². The van der Waals surface area contributed by atoms with Gasteiger partial charge in [-0.15, -0.1) is 0 Å². The summed E-state index contributed by atoms with van der Waals surface area (Å²) in [5, 5.41) is 12.8. The summed E-state index contributed by atoms with van der Waals surface area (Å²) >= 11 is 0. The highest BCUT2D eigenvalue weighted by Gasteiger charge is 2.33. The van der Waals surface area contributed by atoms with Crippen molar-refractivity contribution in [1.82, 2.24) is 5.32 Å². The summed E-state index contributed by atoms with van der Waals surface area (Å²) in [6.07, 6.45) is -5.54. The molecule has 7 heteroatoms. The lowest BCUT2D eigenvalue weighted by Gasteiger charge is -2.16. The van der Waals surface area contributed by atoms with Gasteiger partial charge >= 0.3 is 6.18 Å². The zero-order valence-electron chi connectivity index (χ0n) is 12.9. The lowest BCUT2D eigenvalue weighted by Crippen LogP contribution is -2.23. The van der Waals surface area contributed by atoms with Crippen LogP contribution >= 0.6 is 0 Å². The number of benzene rings is 2. The number of rotatable bonds is 6. The molecule has 0 saturated heterocycles. The zero-order valence-corrected chi connectivity index (χ0v) is 12.9. The van der Waals surface area contributed by atoms with Crippen molar-refractivity contribution in [3.05, 3.63) is 65.0 Å². The molecule has 0 bridgehead atoms. The van der Waals surface area contributed by atoms with Gasteiger partial charge in [-0.3, -0.25) is 0 Å². The number of methoxy groups -OCH3 is 1. The summed E-state index contributed by atoms with van der Waals surface area (Å²) in [7, 11) is 1.50. The molecule has 2 aromatic carbocycles. The van der Waals surface area contributed by atoms with Crippen LogP contribution in [0.5, 0.6) is 5.75 Å². The first-order valence-electron chi connectivity index (χ1n) is 7.19. The smallest absolute Gasteiger partial charge is 0.416 e. The largest absolute Gasteiger partial charge is 0.497 e. The fourth-order valence-corrected chi connectivity index (χ4v) is 2.28. The Balaban J connectivity index is 2.01. The quantitative estimate of drug-likeness (QED) is 0.787. The predicted octanol–water partition coefficient (Wildman–Crippen LogP) is 3.68. The summed E-state index contributed by atoms with van der Waals surface area (Å²) in [5.41, 5.74) is -0.524. The van der Waals surface area contributed by atoms with Gasteiger partial charge in [-0.2, -0.15) is 13.2 Å². The minimum absolute atomic E-state index is 0.0435. The van der Waals surface area contributed by atoms with E-state index in [0.717, 1.165) is 12.1 Å². The van der Waals surface area contributed by atoms with Gasteiger partial charge in [0.2, 0.25) is 0 Å². The third kappa shape index (κ3) is 4.69. The van der Waals surface area contributed by atoms with E-state index in [4.69, 9.17) is 4.74 Å². The number of hydrogen-bond donors (Lipinski definition) is 2. The van der Waals surface area contributed by atoms with Gasteiger partial charge in [-0.1, -0.05) is 18.2 Å². The Morgan fingerprint density at radius 2 is 1.92 bits per heavy atom. The molecular weight excluding hydrogens is 326 g/mol. The Hall–Kier alpha value is -2.12. The second kappa shape index (κ2) is 7.63. The second-order valence-electron chi connectivity index (χ2n) is 5.22. The number of ether oxygens (including phenoxy) is 1. The van der Waals surface area contributed by atoms with Crippen molar-refractivity contribution in [3.8, 4) is 5.75 Å². The molecule has 1 unspecified atom stereocenters. The Labute approximate surface area is 136 Å². The molecule has 0 aliphatic carbocycles. The first kappa shape index (κ1) is 18.2. The van der Waals surface area contributed by atoms with Crippen LogP contribution in [-0.2, 0) is 12.7 Å². The Morgan fingerprint density at radius 3 is 2.58 bits per heavy atom. The van der Waals surface area contributed by atoms with E-state index in [0.29, 0.717) is 17.4 Å². The lowest BCUT2D eigenvalue weighted by molar-refractivity contribution is -0.138. The SMILES string of the molecule is COc1cccc(C(O)CNCc2ccc(F)cc2C(F)(F)F)c1. The van der Waals surface area contributed by atoms with Crippen LogP contribution in [0.25, 0.3) is 0 Å².